The van der Waals surface area contributed by atoms with E-state index in [1.807, 2.05) is 0 Å². The van der Waals surface area contributed by atoms with Crippen LogP contribution < -0.4 is 0 Å². The molecule has 0 saturated heterocycles. The first-order valence-electron chi connectivity index (χ1n) is 0.855. The molecule has 0 spiro atoms. The molecular weight excluding hydrogens is 184 g/mol. The Kier molecular flexibility index (Phi) is 74.9. The maximum Gasteiger partial charge on any atom is 2.00 e. The molecule has 0 saturated carbocycles. The van der Waals surface area contributed by atoms with E-state index in [9.17, 15) is 0 Å². The summed E-state index contributed by atoms with van der Waals surface area (Å²) in [4.78, 5) is 0. The molecule has 45 valence electrons. The molecule has 5 heteroatoms. The topological polar surface area (TPSA) is 40.5 Å². The normalized spacial score (nSPS) is 3.43. The molecule has 7 heavy (non-hydrogen) atoms. The van der Waals surface area contributed by atoms with Gasteiger partial charge in [0.05, 0.1) is 0 Å². The average molecular weight is 186 g/mol. The maximum absolute atomic E-state index is 7.13. The van der Waals surface area contributed by atoms with E-state index < -0.39 is 0 Å². The minimum Gasteiger partial charge on any atom is -0.694 e. The molecular formula is C2H2CuO2S2. The van der Waals surface area contributed by atoms with E-state index >= 15 is 0 Å². The largest absolute Gasteiger partial charge is 2.00 e. The third kappa shape index (κ3) is 1300. The van der Waals surface area contributed by atoms with Crippen LogP contribution in [0.25, 0.3) is 0 Å². The second-order valence-corrected chi connectivity index (χ2v) is 0.548. The van der Waals surface area contributed by atoms with Gasteiger partial charge in [-0.2, -0.15) is 0 Å². The van der Waals surface area contributed by atoms with Gasteiger partial charge in [0.1, 0.15) is 0 Å². The van der Waals surface area contributed by atoms with Gasteiger partial charge in [-0.05, 0) is 0 Å². The van der Waals surface area contributed by atoms with E-state index in [0.717, 1.165) is 0 Å². The van der Waals surface area contributed by atoms with Gasteiger partial charge in [-0.25, -0.2) is 11.1 Å². The maximum atomic E-state index is 7.13. The zero-order chi connectivity index (χ0) is 5.41. The van der Waals surface area contributed by atoms with Gasteiger partial charge in [-0.15, -0.1) is 0 Å². The predicted octanol–water partition coefficient (Wildman–Crippen LogP) is 0.755. The van der Waals surface area contributed by atoms with E-state index in [0.29, 0.717) is 0 Å². The number of rotatable bonds is 0. The van der Waals surface area contributed by atoms with Crippen molar-refractivity contribution in [1.82, 2.24) is 0 Å². The van der Waals surface area contributed by atoms with Crippen LogP contribution in [0.3, 0.4) is 0 Å². The van der Waals surface area contributed by atoms with Crippen molar-refractivity contribution in [2.75, 3.05) is 0 Å². The number of aliphatic hydroxyl groups is 2. The fourth-order valence-corrected chi connectivity index (χ4v) is 0. The van der Waals surface area contributed by atoms with E-state index in [1.54, 1.807) is 0 Å². The molecule has 0 aromatic rings. The molecule has 0 aromatic heterocycles. The Morgan fingerprint density at radius 3 is 1.00 bits per heavy atom. The summed E-state index contributed by atoms with van der Waals surface area (Å²) in [5, 5.41) is 14.3. The Hall–Kier alpha value is 0.299. The van der Waals surface area contributed by atoms with E-state index in [1.165, 1.54) is 11.1 Å². The van der Waals surface area contributed by atoms with Crippen molar-refractivity contribution in [2.45, 2.75) is 0 Å². The summed E-state index contributed by atoms with van der Waals surface area (Å²) < 4.78 is 0. The van der Waals surface area contributed by atoms with Crippen molar-refractivity contribution in [3.8, 4) is 0 Å². The van der Waals surface area contributed by atoms with Gasteiger partial charge in [0, 0.05) is 0 Å². The fourth-order valence-electron chi connectivity index (χ4n) is 0. The zero-order valence-electron chi connectivity index (χ0n) is 3.01. The van der Waals surface area contributed by atoms with Crippen LogP contribution in [-0.2, 0) is 17.1 Å². The smallest absolute Gasteiger partial charge is 0.694 e. The molecule has 0 rings (SSSR count). The summed E-state index contributed by atoms with van der Waals surface area (Å²) in [6.45, 7) is 0. The minimum atomic E-state index is 0. The second kappa shape index (κ2) is 33.5. The monoisotopic (exact) mass is 185 g/mol. The molecule has 0 atom stereocenters. The van der Waals surface area contributed by atoms with E-state index in [4.69, 9.17) is 10.2 Å². The quantitative estimate of drug-likeness (QED) is 0.332. The molecule has 1 radical (unpaired) electrons. The Morgan fingerprint density at radius 1 is 1.00 bits per heavy atom. The minimum absolute atomic E-state index is 0. The first-order chi connectivity index (χ1) is 2.83. The summed E-state index contributed by atoms with van der Waals surface area (Å²) in [6.07, 6.45) is 0. The molecule has 0 aliphatic rings. The SMILES string of the molecule is O[C-]=S.O[C-]=S.[Cu+2]. The molecule has 0 aromatic carbocycles. The van der Waals surface area contributed by atoms with E-state index in [2.05, 4.69) is 24.4 Å². The molecule has 0 bridgehead atoms. The van der Waals surface area contributed by atoms with Crippen molar-refractivity contribution < 1.29 is 27.3 Å². The van der Waals surface area contributed by atoms with Gasteiger partial charge >= 0.3 is 17.1 Å². The third-order valence-electron chi connectivity index (χ3n) is 0. The van der Waals surface area contributed by atoms with Crippen LogP contribution in [0.4, 0.5) is 0 Å². The van der Waals surface area contributed by atoms with Gasteiger partial charge in [-0.3, -0.25) is 0 Å². The zero-order valence-corrected chi connectivity index (χ0v) is 5.59. The fraction of sp³-hybridized carbons (Fsp3) is 0. The van der Waals surface area contributed by atoms with Gasteiger partial charge in [0.25, 0.3) is 0 Å². The van der Waals surface area contributed by atoms with Crippen molar-refractivity contribution in [1.29, 1.82) is 0 Å². The van der Waals surface area contributed by atoms with Crippen molar-refractivity contribution in [3.63, 3.8) is 0 Å². The van der Waals surface area contributed by atoms with Crippen LogP contribution in [0, 0.1) is 0 Å². The summed E-state index contributed by atoms with van der Waals surface area (Å²) in [5.41, 5.74) is 2.67. The van der Waals surface area contributed by atoms with Gasteiger partial charge < -0.3 is 34.6 Å². The summed E-state index contributed by atoms with van der Waals surface area (Å²) in [5.74, 6) is 0. The summed E-state index contributed by atoms with van der Waals surface area (Å²) in [6, 6.07) is 0. The van der Waals surface area contributed by atoms with Crippen LogP contribution in [0.5, 0.6) is 0 Å². The Morgan fingerprint density at radius 2 is 1.00 bits per heavy atom. The van der Waals surface area contributed by atoms with Crippen LogP contribution >= 0.6 is 24.4 Å². The molecule has 0 fully saturated rings. The van der Waals surface area contributed by atoms with Gasteiger partial charge in [0.15, 0.2) is 0 Å². The van der Waals surface area contributed by atoms with Crippen molar-refractivity contribution in [2.24, 2.45) is 0 Å². The van der Waals surface area contributed by atoms with Crippen LogP contribution in [-0.4, -0.2) is 21.3 Å². The predicted molar refractivity (Wildman–Crippen MR) is 30.5 cm³/mol. The van der Waals surface area contributed by atoms with Crippen LogP contribution in [0.2, 0.25) is 0 Å². The number of aliphatic hydroxyl groups excluding tert-OH is 2. The number of hydrogen-bond acceptors (Lipinski definition) is 2. The molecule has 0 aliphatic heterocycles. The number of hydrogen-bond donors (Lipinski definition) is 2. The Balaban J connectivity index is -0.0000000400. The molecule has 0 unspecified atom stereocenters. The van der Waals surface area contributed by atoms with Crippen molar-refractivity contribution >= 4 is 35.5 Å². The second-order valence-electron chi connectivity index (χ2n) is 0.183. The molecule has 0 heterocycles. The average Bonchev–Trinajstić information content (AvgIpc) is 1.39. The Bertz CT molecular complexity index is 34.7. The van der Waals surface area contributed by atoms with Crippen molar-refractivity contribution in [3.05, 3.63) is 0 Å². The van der Waals surface area contributed by atoms with Crippen LogP contribution in [0.15, 0.2) is 0 Å². The summed E-state index contributed by atoms with van der Waals surface area (Å²) >= 11 is 7.40. The standard InChI is InChI=1S/2CHOS.Cu/c2*2-1-3;/h2*(H,2,3);/q2*-1;+2. The van der Waals surface area contributed by atoms with E-state index in [-0.39, 0.29) is 17.1 Å². The van der Waals surface area contributed by atoms with Crippen LogP contribution in [0.1, 0.15) is 0 Å². The third-order valence-corrected chi connectivity index (χ3v) is 0. The first kappa shape index (κ1) is 15.7. The first-order valence-corrected chi connectivity index (χ1v) is 1.67. The van der Waals surface area contributed by atoms with Gasteiger partial charge in [0.2, 0.25) is 0 Å². The molecule has 0 aliphatic carbocycles. The van der Waals surface area contributed by atoms with Gasteiger partial charge in [-0.1, -0.05) is 0 Å². The summed E-state index contributed by atoms with van der Waals surface area (Å²) in [7, 11) is 0. The molecule has 2 N–H and O–H groups in total. The molecule has 0 amide bonds. The number of thiocarbonyl (C=S) groups is 2. The Labute approximate surface area is 63.0 Å². The molecule has 2 nitrogen and oxygen atoms in total.